The van der Waals surface area contributed by atoms with E-state index in [2.05, 4.69) is 48.8 Å². The number of aromatic nitrogens is 2. The van der Waals surface area contributed by atoms with Crippen LogP contribution in [0.3, 0.4) is 0 Å². The van der Waals surface area contributed by atoms with Crippen molar-refractivity contribution in [3.05, 3.63) is 12.0 Å². The van der Waals surface area contributed by atoms with Gasteiger partial charge in [0.15, 0.2) is 0 Å². The maximum absolute atomic E-state index is 4.54. The van der Waals surface area contributed by atoms with E-state index in [1.807, 2.05) is 0 Å². The molecule has 0 spiro atoms. The van der Waals surface area contributed by atoms with Crippen molar-refractivity contribution < 1.29 is 0 Å². The van der Waals surface area contributed by atoms with Gasteiger partial charge in [-0.25, -0.2) is 4.98 Å². The highest BCUT2D eigenvalue weighted by Crippen LogP contribution is 2.14. The first kappa shape index (κ1) is 11.1. The Morgan fingerprint density at radius 3 is 2.57 bits per heavy atom. The van der Waals surface area contributed by atoms with Gasteiger partial charge in [-0.3, -0.25) is 0 Å². The highest BCUT2D eigenvalue weighted by Gasteiger charge is 2.07. The van der Waals surface area contributed by atoms with Crippen molar-refractivity contribution in [2.75, 3.05) is 11.9 Å². The van der Waals surface area contributed by atoms with Crippen LogP contribution in [-0.2, 0) is 6.42 Å². The summed E-state index contributed by atoms with van der Waals surface area (Å²) in [5.41, 5.74) is 0. The zero-order valence-electron chi connectivity index (χ0n) is 9.67. The summed E-state index contributed by atoms with van der Waals surface area (Å²) < 4.78 is 2.23. The molecule has 1 N–H and O–H groups in total. The third kappa shape index (κ3) is 2.50. The Morgan fingerprint density at radius 2 is 2.14 bits per heavy atom. The second kappa shape index (κ2) is 5.03. The average molecular weight is 195 g/mol. The summed E-state index contributed by atoms with van der Waals surface area (Å²) in [6, 6.07) is 0.495. The van der Waals surface area contributed by atoms with Gasteiger partial charge >= 0.3 is 0 Å². The van der Waals surface area contributed by atoms with Gasteiger partial charge in [0.1, 0.15) is 11.6 Å². The van der Waals surface area contributed by atoms with E-state index in [9.17, 15) is 0 Å². The molecule has 80 valence electrons. The molecule has 0 radical (unpaired) electrons. The smallest absolute Gasteiger partial charge is 0.144 e. The fourth-order valence-electron chi connectivity index (χ4n) is 1.48. The van der Waals surface area contributed by atoms with Crippen LogP contribution >= 0.6 is 0 Å². The van der Waals surface area contributed by atoms with E-state index in [-0.39, 0.29) is 0 Å². The van der Waals surface area contributed by atoms with E-state index in [4.69, 9.17) is 0 Å². The van der Waals surface area contributed by atoms with Crippen molar-refractivity contribution in [1.82, 2.24) is 9.55 Å². The summed E-state index contributed by atoms with van der Waals surface area (Å²) in [4.78, 5) is 4.54. The Bertz CT molecular complexity index is 276. The number of nitrogens with one attached hydrogen (secondary N) is 1. The highest BCUT2D eigenvalue weighted by atomic mass is 15.1. The second-order valence-electron chi connectivity index (χ2n) is 3.82. The van der Waals surface area contributed by atoms with Crippen molar-refractivity contribution in [2.45, 2.75) is 46.6 Å². The van der Waals surface area contributed by atoms with Crippen LogP contribution < -0.4 is 5.32 Å². The van der Waals surface area contributed by atoms with Crippen LogP contribution in [-0.4, -0.2) is 16.1 Å². The predicted octanol–water partition coefficient (Wildman–Crippen LogP) is 2.85. The van der Waals surface area contributed by atoms with Gasteiger partial charge in [0, 0.05) is 25.2 Å². The maximum Gasteiger partial charge on any atom is 0.144 e. The predicted molar refractivity (Wildman–Crippen MR) is 60.8 cm³/mol. The molecular formula is C11H21N3. The van der Waals surface area contributed by atoms with E-state index in [0.717, 1.165) is 25.2 Å². The fourth-order valence-corrected chi connectivity index (χ4v) is 1.48. The molecule has 0 bridgehead atoms. The minimum Gasteiger partial charge on any atom is -0.369 e. The SMILES string of the molecule is CCCNc1cn(C(C)C)c(CC)n1. The van der Waals surface area contributed by atoms with Crippen molar-refractivity contribution in [3.63, 3.8) is 0 Å². The normalized spacial score (nSPS) is 10.9. The Labute approximate surface area is 86.5 Å². The summed E-state index contributed by atoms with van der Waals surface area (Å²) in [5, 5.41) is 3.31. The molecule has 0 saturated carbocycles. The molecule has 0 saturated heterocycles. The largest absolute Gasteiger partial charge is 0.369 e. The number of aryl methyl sites for hydroxylation is 1. The molecule has 0 aliphatic heterocycles. The lowest BCUT2D eigenvalue weighted by Crippen LogP contribution is -2.03. The molecule has 1 heterocycles. The summed E-state index contributed by atoms with van der Waals surface area (Å²) in [5.74, 6) is 2.18. The first-order valence-corrected chi connectivity index (χ1v) is 5.50. The summed E-state index contributed by atoms with van der Waals surface area (Å²) in [7, 11) is 0. The number of imidazole rings is 1. The van der Waals surface area contributed by atoms with Crippen LogP contribution in [0.2, 0.25) is 0 Å². The number of rotatable bonds is 5. The van der Waals surface area contributed by atoms with Gasteiger partial charge in [-0.2, -0.15) is 0 Å². The molecule has 1 aromatic rings. The summed E-state index contributed by atoms with van der Waals surface area (Å²) >= 11 is 0. The first-order valence-electron chi connectivity index (χ1n) is 5.50. The highest BCUT2D eigenvalue weighted by molar-refractivity contribution is 5.33. The van der Waals surface area contributed by atoms with E-state index in [1.165, 1.54) is 5.82 Å². The molecule has 0 atom stereocenters. The molecule has 3 nitrogen and oxygen atoms in total. The van der Waals surface area contributed by atoms with E-state index in [1.54, 1.807) is 0 Å². The quantitative estimate of drug-likeness (QED) is 0.783. The lowest BCUT2D eigenvalue weighted by molar-refractivity contribution is 0.571. The fraction of sp³-hybridized carbons (Fsp3) is 0.727. The van der Waals surface area contributed by atoms with E-state index < -0.39 is 0 Å². The topological polar surface area (TPSA) is 29.9 Å². The van der Waals surface area contributed by atoms with Gasteiger partial charge in [0.05, 0.1) is 0 Å². The van der Waals surface area contributed by atoms with Crippen LogP contribution in [0.15, 0.2) is 6.20 Å². The molecule has 0 aromatic carbocycles. The van der Waals surface area contributed by atoms with Crippen molar-refractivity contribution >= 4 is 5.82 Å². The minimum absolute atomic E-state index is 0.495. The molecule has 0 aliphatic carbocycles. The van der Waals surface area contributed by atoms with Crippen LogP contribution in [0, 0.1) is 0 Å². The molecule has 1 rings (SSSR count). The Kier molecular flexibility index (Phi) is 3.98. The number of hydrogen-bond donors (Lipinski definition) is 1. The van der Waals surface area contributed by atoms with Gasteiger partial charge in [-0.05, 0) is 20.3 Å². The lowest BCUT2D eigenvalue weighted by Gasteiger charge is -2.08. The molecule has 14 heavy (non-hydrogen) atoms. The van der Waals surface area contributed by atoms with Crippen molar-refractivity contribution in [2.24, 2.45) is 0 Å². The van der Waals surface area contributed by atoms with Gasteiger partial charge in [0.25, 0.3) is 0 Å². The van der Waals surface area contributed by atoms with Gasteiger partial charge < -0.3 is 9.88 Å². The molecule has 0 unspecified atom stereocenters. The molecule has 0 amide bonds. The van der Waals surface area contributed by atoms with Crippen LogP contribution in [0.4, 0.5) is 5.82 Å². The van der Waals surface area contributed by atoms with Gasteiger partial charge in [0.2, 0.25) is 0 Å². The lowest BCUT2D eigenvalue weighted by atomic mass is 10.3. The van der Waals surface area contributed by atoms with E-state index in [0.29, 0.717) is 6.04 Å². The Morgan fingerprint density at radius 1 is 1.43 bits per heavy atom. The Hall–Kier alpha value is -0.990. The zero-order valence-corrected chi connectivity index (χ0v) is 9.67. The summed E-state index contributed by atoms with van der Waals surface area (Å²) in [6.45, 7) is 9.67. The van der Waals surface area contributed by atoms with Crippen molar-refractivity contribution in [1.29, 1.82) is 0 Å². The molecule has 0 fully saturated rings. The zero-order chi connectivity index (χ0) is 10.6. The van der Waals surface area contributed by atoms with Crippen molar-refractivity contribution in [3.8, 4) is 0 Å². The average Bonchev–Trinajstić information content (AvgIpc) is 2.57. The van der Waals surface area contributed by atoms with Gasteiger partial charge in [-0.1, -0.05) is 13.8 Å². The van der Waals surface area contributed by atoms with Gasteiger partial charge in [-0.15, -0.1) is 0 Å². The minimum atomic E-state index is 0.495. The third-order valence-electron chi connectivity index (χ3n) is 2.24. The summed E-state index contributed by atoms with van der Waals surface area (Å²) in [6.07, 6.45) is 4.24. The van der Waals surface area contributed by atoms with Crippen LogP contribution in [0.5, 0.6) is 0 Å². The first-order chi connectivity index (χ1) is 6.69. The standard InChI is InChI=1S/C11H21N3/c1-5-7-12-10-8-14(9(3)4)11(6-2)13-10/h8-9,12H,5-7H2,1-4H3. The number of nitrogens with zero attached hydrogens (tertiary/aromatic N) is 2. The maximum atomic E-state index is 4.54. The molecule has 1 aromatic heterocycles. The molecule has 3 heteroatoms. The molecular weight excluding hydrogens is 174 g/mol. The number of hydrogen-bond acceptors (Lipinski definition) is 2. The molecule has 0 aliphatic rings. The van der Waals surface area contributed by atoms with Crippen LogP contribution in [0.25, 0.3) is 0 Å². The second-order valence-corrected chi connectivity index (χ2v) is 3.82. The third-order valence-corrected chi connectivity index (χ3v) is 2.24. The number of anilines is 1. The Balaban J connectivity index is 2.78. The monoisotopic (exact) mass is 195 g/mol. The van der Waals surface area contributed by atoms with Crippen LogP contribution in [0.1, 0.15) is 46.0 Å². The van der Waals surface area contributed by atoms with E-state index >= 15 is 0 Å².